The molecular formula is C14H18N2O4S. The molecule has 0 amide bonds. The lowest BCUT2D eigenvalue weighted by molar-refractivity contribution is -0.141. The van der Waals surface area contributed by atoms with Crippen molar-refractivity contribution in [1.29, 1.82) is 0 Å². The van der Waals surface area contributed by atoms with Crippen LogP contribution in [0.15, 0.2) is 29.4 Å². The monoisotopic (exact) mass is 310 g/mol. The number of sulfonamides is 1. The Morgan fingerprint density at radius 3 is 2.71 bits per heavy atom. The molecule has 2 aliphatic rings. The summed E-state index contributed by atoms with van der Waals surface area (Å²) < 4.78 is 26.8. The number of aromatic nitrogens is 1. The van der Waals surface area contributed by atoms with Gasteiger partial charge in [-0.2, -0.15) is 4.31 Å². The van der Waals surface area contributed by atoms with E-state index in [0.717, 1.165) is 25.7 Å². The highest BCUT2D eigenvalue weighted by Gasteiger charge is 2.51. The average Bonchev–Trinajstić information content (AvgIpc) is 2.88. The molecule has 1 aromatic rings. The molecule has 1 aliphatic heterocycles. The van der Waals surface area contributed by atoms with Gasteiger partial charge in [0.05, 0.1) is 0 Å². The van der Waals surface area contributed by atoms with Crippen LogP contribution in [-0.2, 0) is 14.8 Å². The van der Waals surface area contributed by atoms with Crippen molar-refractivity contribution in [2.45, 2.75) is 49.2 Å². The van der Waals surface area contributed by atoms with E-state index in [0.29, 0.717) is 6.42 Å². The first-order valence-corrected chi connectivity index (χ1v) is 8.63. The largest absolute Gasteiger partial charge is 0.480 e. The number of fused-ring (bicyclic) bond motifs is 1. The van der Waals surface area contributed by atoms with Crippen molar-refractivity contribution in [2.24, 2.45) is 5.92 Å². The van der Waals surface area contributed by atoms with Crippen molar-refractivity contribution in [3.8, 4) is 0 Å². The van der Waals surface area contributed by atoms with Gasteiger partial charge in [-0.15, -0.1) is 0 Å². The van der Waals surface area contributed by atoms with Gasteiger partial charge >= 0.3 is 5.97 Å². The molecule has 114 valence electrons. The minimum atomic E-state index is -3.86. The van der Waals surface area contributed by atoms with E-state index in [1.165, 1.54) is 16.6 Å². The third-order valence-electron chi connectivity index (χ3n) is 4.49. The number of carboxylic acids is 1. The van der Waals surface area contributed by atoms with Gasteiger partial charge in [0.15, 0.2) is 5.03 Å². The smallest absolute Gasteiger partial charge is 0.322 e. The third-order valence-corrected chi connectivity index (χ3v) is 6.34. The minimum Gasteiger partial charge on any atom is -0.480 e. The summed E-state index contributed by atoms with van der Waals surface area (Å²) in [7, 11) is -3.86. The molecule has 7 heteroatoms. The van der Waals surface area contributed by atoms with Gasteiger partial charge in [-0.05, 0) is 37.3 Å². The fourth-order valence-corrected chi connectivity index (χ4v) is 5.39. The molecule has 6 nitrogen and oxygen atoms in total. The van der Waals surface area contributed by atoms with E-state index in [2.05, 4.69) is 4.98 Å². The molecule has 3 unspecified atom stereocenters. The van der Waals surface area contributed by atoms with E-state index in [-0.39, 0.29) is 17.0 Å². The highest BCUT2D eigenvalue weighted by molar-refractivity contribution is 7.89. The Labute approximate surface area is 123 Å². The fraction of sp³-hybridized carbons (Fsp3) is 0.571. The molecule has 0 radical (unpaired) electrons. The Balaban J connectivity index is 2.02. The maximum absolute atomic E-state index is 12.8. The standard InChI is InChI=1S/C14H18N2O4S/c17-14(18)12-9-10-5-1-2-6-11(10)16(12)21(19,20)13-7-3-4-8-15-13/h3-4,7-8,10-12H,1-2,5-6,9H2,(H,17,18). The molecule has 21 heavy (non-hydrogen) atoms. The van der Waals surface area contributed by atoms with Crippen LogP contribution >= 0.6 is 0 Å². The molecule has 0 bridgehead atoms. The van der Waals surface area contributed by atoms with Crippen molar-refractivity contribution >= 4 is 16.0 Å². The number of nitrogens with zero attached hydrogens (tertiary/aromatic N) is 2. The Morgan fingerprint density at radius 2 is 2.05 bits per heavy atom. The number of carboxylic acid groups (broad SMARTS) is 1. The van der Waals surface area contributed by atoms with Crippen LogP contribution in [0.3, 0.4) is 0 Å². The molecule has 1 N–H and O–H groups in total. The van der Waals surface area contributed by atoms with Gasteiger partial charge < -0.3 is 5.11 Å². The lowest BCUT2D eigenvalue weighted by Crippen LogP contribution is -2.46. The van der Waals surface area contributed by atoms with Crippen molar-refractivity contribution in [3.05, 3.63) is 24.4 Å². The maximum atomic E-state index is 12.8. The first-order valence-electron chi connectivity index (χ1n) is 7.19. The molecule has 1 aliphatic carbocycles. The molecule has 1 aromatic heterocycles. The van der Waals surface area contributed by atoms with Crippen LogP contribution in [0, 0.1) is 5.92 Å². The molecular weight excluding hydrogens is 292 g/mol. The lowest BCUT2D eigenvalue weighted by Gasteiger charge is -2.31. The molecule has 3 atom stereocenters. The zero-order valence-electron chi connectivity index (χ0n) is 11.6. The van der Waals surface area contributed by atoms with Crippen LogP contribution < -0.4 is 0 Å². The summed E-state index contributed by atoms with van der Waals surface area (Å²) in [6.07, 6.45) is 5.46. The highest BCUT2D eigenvalue weighted by atomic mass is 32.2. The number of hydrogen-bond acceptors (Lipinski definition) is 4. The van der Waals surface area contributed by atoms with Crippen molar-refractivity contribution in [3.63, 3.8) is 0 Å². The number of rotatable bonds is 3. The molecule has 1 saturated heterocycles. The van der Waals surface area contributed by atoms with Gasteiger partial charge in [-0.1, -0.05) is 18.9 Å². The molecule has 2 fully saturated rings. The van der Waals surface area contributed by atoms with Gasteiger partial charge in [0, 0.05) is 12.2 Å². The predicted molar refractivity (Wildman–Crippen MR) is 75.0 cm³/mol. The molecule has 0 spiro atoms. The maximum Gasteiger partial charge on any atom is 0.322 e. The second-order valence-corrected chi connectivity index (χ2v) is 7.49. The molecule has 2 heterocycles. The molecule has 0 aromatic carbocycles. The SMILES string of the molecule is O=C(O)C1CC2CCCCC2N1S(=O)(=O)c1ccccn1. The summed E-state index contributed by atoms with van der Waals surface area (Å²) in [5.74, 6) is -0.915. The Hall–Kier alpha value is -1.47. The third kappa shape index (κ3) is 2.44. The summed E-state index contributed by atoms with van der Waals surface area (Å²) in [6, 6.07) is 3.49. The van der Waals surface area contributed by atoms with E-state index in [1.54, 1.807) is 12.1 Å². The number of carbonyl (C=O) groups is 1. The number of pyridine rings is 1. The Morgan fingerprint density at radius 1 is 1.29 bits per heavy atom. The van der Waals surface area contributed by atoms with Crippen molar-refractivity contribution in [2.75, 3.05) is 0 Å². The summed E-state index contributed by atoms with van der Waals surface area (Å²) in [5, 5.41) is 9.35. The van der Waals surface area contributed by atoms with Crippen LogP contribution in [0.1, 0.15) is 32.1 Å². The quantitative estimate of drug-likeness (QED) is 0.914. The molecule has 3 rings (SSSR count). The second kappa shape index (κ2) is 5.38. The second-order valence-electron chi connectivity index (χ2n) is 5.70. The van der Waals surface area contributed by atoms with E-state index in [4.69, 9.17) is 0 Å². The van der Waals surface area contributed by atoms with E-state index < -0.39 is 22.0 Å². The average molecular weight is 310 g/mol. The van der Waals surface area contributed by atoms with Gasteiger partial charge in [0.2, 0.25) is 0 Å². The Bertz CT molecular complexity index is 632. The van der Waals surface area contributed by atoms with Crippen molar-refractivity contribution in [1.82, 2.24) is 9.29 Å². The van der Waals surface area contributed by atoms with E-state index >= 15 is 0 Å². The topological polar surface area (TPSA) is 87.6 Å². The van der Waals surface area contributed by atoms with Gasteiger partial charge in [-0.3, -0.25) is 4.79 Å². The predicted octanol–water partition coefficient (Wildman–Crippen LogP) is 1.49. The fourth-order valence-electron chi connectivity index (χ4n) is 3.58. The number of aliphatic carboxylic acids is 1. The van der Waals surface area contributed by atoms with E-state index in [9.17, 15) is 18.3 Å². The van der Waals surface area contributed by atoms with Gasteiger partial charge in [0.1, 0.15) is 6.04 Å². The van der Waals surface area contributed by atoms with Crippen LogP contribution in [0.2, 0.25) is 0 Å². The zero-order valence-corrected chi connectivity index (χ0v) is 12.4. The van der Waals surface area contributed by atoms with Crippen LogP contribution in [0.5, 0.6) is 0 Å². The Kier molecular flexibility index (Phi) is 3.71. The number of hydrogen-bond donors (Lipinski definition) is 1. The highest BCUT2D eigenvalue weighted by Crippen LogP contribution is 2.42. The minimum absolute atomic E-state index is 0.0672. The first-order chi connectivity index (χ1) is 10.0. The van der Waals surface area contributed by atoms with Gasteiger partial charge in [0.25, 0.3) is 10.0 Å². The molecule has 1 saturated carbocycles. The van der Waals surface area contributed by atoms with Crippen LogP contribution in [0.4, 0.5) is 0 Å². The summed E-state index contributed by atoms with van der Waals surface area (Å²) in [6.45, 7) is 0. The van der Waals surface area contributed by atoms with E-state index in [1.807, 2.05) is 0 Å². The van der Waals surface area contributed by atoms with Gasteiger partial charge in [-0.25, -0.2) is 13.4 Å². The summed E-state index contributed by atoms with van der Waals surface area (Å²) in [5.41, 5.74) is 0. The van der Waals surface area contributed by atoms with Crippen LogP contribution in [-0.4, -0.2) is 40.9 Å². The van der Waals surface area contributed by atoms with Crippen LogP contribution in [0.25, 0.3) is 0 Å². The lowest BCUT2D eigenvalue weighted by atomic mass is 9.85. The van der Waals surface area contributed by atoms with Crippen molar-refractivity contribution < 1.29 is 18.3 Å². The normalized spacial score (nSPS) is 30.0. The summed E-state index contributed by atoms with van der Waals surface area (Å²) >= 11 is 0. The first kappa shape index (κ1) is 14.5. The zero-order chi connectivity index (χ0) is 15.0. The summed E-state index contributed by atoms with van der Waals surface area (Å²) in [4.78, 5) is 15.4.